The molecule has 164 valence electrons. The monoisotopic (exact) mass is 489 g/mol. The molecule has 0 aliphatic rings. The topological polar surface area (TPSA) is 127 Å². The van der Waals surface area contributed by atoms with Crippen molar-refractivity contribution in [1.82, 2.24) is 15.2 Å². The molecule has 0 aliphatic carbocycles. The Hall–Kier alpha value is -3.15. The zero-order valence-corrected chi connectivity index (χ0v) is 18.9. The molecule has 0 fully saturated rings. The second kappa shape index (κ2) is 9.15. The van der Waals surface area contributed by atoms with Crippen molar-refractivity contribution in [2.24, 2.45) is 0 Å². The van der Waals surface area contributed by atoms with E-state index in [9.17, 15) is 13.2 Å². The Morgan fingerprint density at radius 3 is 2.50 bits per heavy atom. The van der Waals surface area contributed by atoms with E-state index in [2.05, 4.69) is 25.2 Å². The molecule has 0 saturated carbocycles. The molecule has 4 aromatic rings. The molecule has 2 N–H and O–H groups in total. The first-order valence-electron chi connectivity index (χ1n) is 9.25. The van der Waals surface area contributed by atoms with E-state index in [-0.39, 0.29) is 21.8 Å². The lowest BCUT2D eigenvalue weighted by atomic mass is 10.3. The Balaban J connectivity index is 1.38. The van der Waals surface area contributed by atoms with E-state index in [1.165, 1.54) is 48.2 Å². The largest absolute Gasteiger partial charge is 0.431 e. The van der Waals surface area contributed by atoms with Crippen molar-refractivity contribution < 1.29 is 17.6 Å². The van der Waals surface area contributed by atoms with E-state index in [1.807, 2.05) is 18.2 Å². The van der Waals surface area contributed by atoms with Crippen molar-refractivity contribution in [3.05, 3.63) is 65.8 Å². The Morgan fingerprint density at radius 2 is 1.81 bits per heavy atom. The summed E-state index contributed by atoms with van der Waals surface area (Å²) in [5.74, 6) is -0.237. The molecule has 2 aromatic carbocycles. The second-order valence-electron chi connectivity index (χ2n) is 6.57. The predicted octanol–water partition coefficient (Wildman–Crippen LogP) is 4.19. The molecule has 1 unspecified atom stereocenters. The van der Waals surface area contributed by atoms with E-state index >= 15 is 0 Å². The Morgan fingerprint density at radius 1 is 1.06 bits per heavy atom. The fourth-order valence-electron chi connectivity index (χ4n) is 2.63. The Labute approximate surface area is 192 Å². The number of benzene rings is 2. The minimum atomic E-state index is -3.87. The van der Waals surface area contributed by atoms with Gasteiger partial charge in [0.05, 0.1) is 10.1 Å². The number of fused-ring (bicyclic) bond motifs is 1. The first kappa shape index (κ1) is 22.1. The highest BCUT2D eigenvalue weighted by Crippen LogP contribution is 2.27. The molecule has 4 rings (SSSR count). The molecule has 1 atom stereocenters. The Kier molecular flexibility index (Phi) is 6.31. The quantitative estimate of drug-likeness (QED) is 0.370. The van der Waals surface area contributed by atoms with Crippen LogP contribution in [0.5, 0.6) is 0 Å². The third kappa shape index (κ3) is 5.18. The SMILES string of the molecule is CC(Sc1nc2ccccc2o1)C(=O)Nc1ccc(S(=O)(=O)Nc2ccc(Cl)nn2)cc1. The van der Waals surface area contributed by atoms with E-state index in [1.54, 1.807) is 13.0 Å². The van der Waals surface area contributed by atoms with Crippen LogP contribution in [0.15, 0.2) is 75.2 Å². The van der Waals surface area contributed by atoms with Crippen molar-refractivity contribution in [1.29, 1.82) is 0 Å². The number of para-hydroxylation sites is 2. The zero-order chi connectivity index (χ0) is 22.7. The summed E-state index contributed by atoms with van der Waals surface area (Å²) >= 11 is 6.84. The number of amides is 1. The number of carbonyl (C=O) groups excluding carboxylic acids is 1. The number of carbonyl (C=O) groups is 1. The van der Waals surface area contributed by atoms with Crippen LogP contribution in [0.2, 0.25) is 5.15 Å². The average molecular weight is 490 g/mol. The van der Waals surface area contributed by atoms with Gasteiger partial charge in [-0.05, 0) is 55.5 Å². The standard InChI is InChI=1S/C20H16ClN5O4S2/c1-12(31-20-23-15-4-2-3-5-16(15)30-20)19(27)22-13-6-8-14(9-7-13)32(28,29)26-18-11-10-17(21)24-25-18/h2-12H,1H3,(H,22,27)(H,25,26). The number of oxazole rings is 1. The molecule has 2 heterocycles. The molecule has 9 nitrogen and oxygen atoms in total. The first-order valence-corrected chi connectivity index (χ1v) is 12.0. The molecular formula is C20H16ClN5O4S2. The number of nitrogens with zero attached hydrogens (tertiary/aromatic N) is 3. The van der Waals surface area contributed by atoms with E-state index in [0.29, 0.717) is 16.5 Å². The lowest BCUT2D eigenvalue weighted by Gasteiger charge is -2.11. The van der Waals surface area contributed by atoms with Gasteiger partial charge >= 0.3 is 0 Å². The van der Waals surface area contributed by atoms with Crippen LogP contribution < -0.4 is 10.0 Å². The molecule has 0 spiro atoms. The number of anilines is 2. The second-order valence-corrected chi connectivity index (χ2v) is 9.93. The number of hydrogen-bond donors (Lipinski definition) is 2. The first-order chi connectivity index (χ1) is 15.3. The number of sulfonamides is 1. The lowest BCUT2D eigenvalue weighted by Crippen LogP contribution is -2.22. The smallest absolute Gasteiger partial charge is 0.263 e. The van der Waals surface area contributed by atoms with E-state index in [0.717, 1.165) is 5.52 Å². The van der Waals surface area contributed by atoms with Gasteiger partial charge in [0.2, 0.25) is 5.91 Å². The van der Waals surface area contributed by atoms with Crippen LogP contribution in [0, 0.1) is 0 Å². The van der Waals surface area contributed by atoms with Gasteiger partial charge in [-0.15, -0.1) is 10.2 Å². The summed E-state index contributed by atoms with van der Waals surface area (Å²) in [5, 5.41) is 10.1. The van der Waals surface area contributed by atoms with Gasteiger partial charge in [-0.2, -0.15) is 0 Å². The highest BCUT2D eigenvalue weighted by Gasteiger charge is 2.19. The molecule has 0 bridgehead atoms. The molecule has 0 saturated heterocycles. The molecule has 0 aliphatic heterocycles. The molecule has 2 aromatic heterocycles. The minimum Gasteiger partial charge on any atom is -0.431 e. The molecule has 1 amide bonds. The highest BCUT2D eigenvalue weighted by molar-refractivity contribution is 8.00. The van der Waals surface area contributed by atoms with Crippen molar-refractivity contribution in [2.75, 3.05) is 10.0 Å². The van der Waals surface area contributed by atoms with Crippen LogP contribution in [0.3, 0.4) is 0 Å². The van der Waals surface area contributed by atoms with Crippen LogP contribution in [-0.2, 0) is 14.8 Å². The van der Waals surface area contributed by atoms with Crippen molar-refractivity contribution in [3.63, 3.8) is 0 Å². The highest BCUT2D eigenvalue weighted by atomic mass is 35.5. The summed E-state index contributed by atoms with van der Waals surface area (Å²) in [7, 11) is -3.87. The average Bonchev–Trinajstić information content (AvgIpc) is 3.18. The van der Waals surface area contributed by atoms with Gasteiger partial charge in [0.15, 0.2) is 16.6 Å². The third-order valence-electron chi connectivity index (χ3n) is 4.22. The molecular weight excluding hydrogens is 474 g/mol. The number of thioether (sulfide) groups is 1. The number of rotatable bonds is 7. The van der Waals surface area contributed by atoms with Crippen molar-refractivity contribution in [3.8, 4) is 0 Å². The number of aromatic nitrogens is 3. The van der Waals surface area contributed by atoms with Crippen LogP contribution in [0.1, 0.15) is 6.92 Å². The van der Waals surface area contributed by atoms with Gasteiger partial charge in [-0.25, -0.2) is 13.4 Å². The number of halogens is 1. The summed E-state index contributed by atoms with van der Waals surface area (Å²) in [4.78, 5) is 16.9. The third-order valence-corrected chi connectivity index (χ3v) is 6.74. The summed E-state index contributed by atoms with van der Waals surface area (Å²) in [6.07, 6.45) is 0. The fourth-order valence-corrected chi connectivity index (χ4v) is 4.49. The Bertz CT molecular complexity index is 1330. The number of nitrogens with one attached hydrogen (secondary N) is 2. The maximum atomic E-state index is 12.5. The summed E-state index contributed by atoms with van der Waals surface area (Å²) in [5.41, 5.74) is 1.82. The van der Waals surface area contributed by atoms with Gasteiger partial charge in [0, 0.05) is 5.69 Å². The lowest BCUT2D eigenvalue weighted by molar-refractivity contribution is -0.115. The molecule has 32 heavy (non-hydrogen) atoms. The van der Waals surface area contributed by atoms with Crippen LogP contribution in [0.25, 0.3) is 11.1 Å². The molecule has 12 heteroatoms. The normalized spacial score (nSPS) is 12.4. The van der Waals surface area contributed by atoms with Gasteiger partial charge in [-0.1, -0.05) is 35.5 Å². The van der Waals surface area contributed by atoms with Crippen molar-refractivity contribution in [2.45, 2.75) is 22.3 Å². The van der Waals surface area contributed by atoms with Crippen LogP contribution in [0.4, 0.5) is 11.5 Å². The summed E-state index contributed by atoms with van der Waals surface area (Å²) in [6, 6.07) is 15.9. The van der Waals surface area contributed by atoms with Gasteiger partial charge in [-0.3, -0.25) is 9.52 Å². The predicted molar refractivity (Wildman–Crippen MR) is 122 cm³/mol. The zero-order valence-electron chi connectivity index (χ0n) is 16.5. The summed E-state index contributed by atoms with van der Waals surface area (Å²) in [6.45, 7) is 1.73. The van der Waals surface area contributed by atoms with Gasteiger partial charge in [0.25, 0.3) is 15.2 Å². The minimum absolute atomic E-state index is 0.00106. The van der Waals surface area contributed by atoms with Crippen molar-refractivity contribution >= 4 is 61.9 Å². The van der Waals surface area contributed by atoms with E-state index < -0.39 is 15.3 Å². The van der Waals surface area contributed by atoms with Gasteiger partial charge < -0.3 is 9.73 Å². The molecule has 0 radical (unpaired) electrons. The van der Waals surface area contributed by atoms with Crippen LogP contribution in [-0.4, -0.2) is 34.8 Å². The maximum Gasteiger partial charge on any atom is 0.263 e. The van der Waals surface area contributed by atoms with Crippen LogP contribution >= 0.6 is 23.4 Å². The van der Waals surface area contributed by atoms with E-state index in [4.69, 9.17) is 16.0 Å². The maximum absolute atomic E-state index is 12.5. The number of hydrogen-bond acceptors (Lipinski definition) is 8. The fraction of sp³-hybridized carbons (Fsp3) is 0.100. The summed E-state index contributed by atoms with van der Waals surface area (Å²) < 4.78 is 32.9. The van der Waals surface area contributed by atoms with Gasteiger partial charge in [0.1, 0.15) is 5.52 Å².